The second kappa shape index (κ2) is 4.59. The summed E-state index contributed by atoms with van der Waals surface area (Å²) in [7, 11) is 0. The largest absolute Gasteiger partial charge is 0.342 e. The Kier molecular flexibility index (Phi) is 2.89. The summed E-state index contributed by atoms with van der Waals surface area (Å²) < 4.78 is 0. The van der Waals surface area contributed by atoms with Crippen LogP contribution in [0.1, 0.15) is 29.8 Å². The fraction of sp³-hybridized carbons (Fsp3) is 0.267. The van der Waals surface area contributed by atoms with Crippen molar-refractivity contribution in [1.29, 1.82) is 0 Å². The third-order valence-electron chi connectivity index (χ3n) is 3.91. The van der Waals surface area contributed by atoms with Crippen LogP contribution in [0, 0.1) is 0 Å². The summed E-state index contributed by atoms with van der Waals surface area (Å²) in [4.78, 5) is 24.1. The Morgan fingerprint density at radius 2 is 2.05 bits per heavy atom. The maximum absolute atomic E-state index is 12.4. The van der Waals surface area contributed by atoms with Gasteiger partial charge in [0.2, 0.25) is 0 Å². The van der Waals surface area contributed by atoms with Crippen LogP contribution < -0.4 is 10.9 Å². The molecule has 1 aliphatic carbocycles. The third-order valence-corrected chi connectivity index (χ3v) is 3.91. The van der Waals surface area contributed by atoms with Crippen LogP contribution >= 0.6 is 0 Å². The van der Waals surface area contributed by atoms with Gasteiger partial charge in [0.05, 0.1) is 10.9 Å². The summed E-state index contributed by atoms with van der Waals surface area (Å²) in [6.07, 6.45) is 4.64. The van der Waals surface area contributed by atoms with Crippen molar-refractivity contribution in [1.82, 2.24) is 15.5 Å². The van der Waals surface area contributed by atoms with Crippen molar-refractivity contribution in [2.24, 2.45) is 0 Å². The van der Waals surface area contributed by atoms with Crippen molar-refractivity contribution >= 4 is 16.7 Å². The van der Waals surface area contributed by atoms with Gasteiger partial charge in [0, 0.05) is 5.39 Å². The van der Waals surface area contributed by atoms with Crippen molar-refractivity contribution in [3.63, 3.8) is 0 Å². The fourth-order valence-electron chi connectivity index (χ4n) is 2.51. The lowest BCUT2D eigenvalue weighted by Crippen LogP contribution is -2.52. The summed E-state index contributed by atoms with van der Waals surface area (Å²) in [5.74, 6) is -0.281. The number of nitrogens with one attached hydrogen (secondary N) is 2. The van der Waals surface area contributed by atoms with Gasteiger partial charge in [0.15, 0.2) is 5.69 Å². The van der Waals surface area contributed by atoms with Crippen molar-refractivity contribution in [2.45, 2.75) is 24.8 Å². The topological polar surface area (TPSA) is 74.8 Å². The van der Waals surface area contributed by atoms with Gasteiger partial charge in [-0.2, -0.15) is 5.10 Å². The van der Waals surface area contributed by atoms with Crippen LogP contribution in [0.5, 0.6) is 0 Å². The number of hydrogen-bond donors (Lipinski definition) is 2. The Bertz CT molecular complexity index is 744. The fourth-order valence-corrected chi connectivity index (χ4v) is 2.51. The van der Waals surface area contributed by atoms with Crippen molar-refractivity contribution in [3.8, 4) is 0 Å². The van der Waals surface area contributed by atoms with E-state index in [9.17, 15) is 9.59 Å². The molecule has 1 fully saturated rings. The van der Waals surface area contributed by atoms with Gasteiger partial charge in [-0.15, -0.1) is 6.58 Å². The van der Waals surface area contributed by atoms with Crippen molar-refractivity contribution < 1.29 is 4.79 Å². The molecule has 1 aromatic carbocycles. The Hall–Kier alpha value is -2.43. The minimum atomic E-state index is -0.323. The zero-order chi connectivity index (χ0) is 14.2. The van der Waals surface area contributed by atoms with E-state index in [2.05, 4.69) is 22.1 Å². The smallest absolute Gasteiger partial charge is 0.273 e. The number of nitrogens with zero attached hydrogens (tertiary/aromatic N) is 1. The first-order valence-electron chi connectivity index (χ1n) is 6.59. The molecule has 1 aromatic heterocycles. The number of benzene rings is 1. The van der Waals surface area contributed by atoms with Gasteiger partial charge in [-0.1, -0.05) is 24.3 Å². The number of amides is 1. The van der Waals surface area contributed by atoms with E-state index in [1.807, 2.05) is 0 Å². The lowest BCUT2D eigenvalue weighted by Gasteiger charge is -2.39. The van der Waals surface area contributed by atoms with Crippen LogP contribution in [0.25, 0.3) is 10.8 Å². The van der Waals surface area contributed by atoms with E-state index in [-0.39, 0.29) is 22.7 Å². The number of carbonyl (C=O) groups is 1. The predicted octanol–water partition coefficient (Wildman–Crippen LogP) is 1.76. The lowest BCUT2D eigenvalue weighted by atomic mass is 9.77. The van der Waals surface area contributed by atoms with E-state index < -0.39 is 0 Å². The number of fused-ring (bicyclic) bond motifs is 1. The van der Waals surface area contributed by atoms with E-state index in [4.69, 9.17) is 0 Å². The minimum absolute atomic E-state index is 0.244. The highest BCUT2D eigenvalue weighted by atomic mass is 16.2. The number of H-pyrrole nitrogens is 1. The van der Waals surface area contributed by atoms with E-state index in [1.165, 1.54) is 0 Å². The second-order valence-electron chi connectivity index (χ2n) is 5.11. The van der Waals surface area contributed by atoms with Crippen LogP contribution in [0.2, 0.25) is 0 Å². The standard InChI is InChI=1S/C15H15N3O2/c1-2-15(8-5-9-15)16-14(20)12-10-6-3-4-7-11(10)13(19)18-17-12/h2-4,6-7H,1,5,8-9H2,(H,16,20)(H,18,19). The van der Waals surface area contributed by atoms with Gasteiger partial charge in [-0.3, -0.25) is 9.59 Å². The van der Waals surface area contributed by atoms with Gasteiger partial charge in [0.1, 0.15) is 0 Å². The Labute approximate surface area is 115 Å². The molecule has 5 nitrogen and oxygen atoms in total. The molecule has 5 heteroatoms. The Balaban J connectivity index is 2.02. The number of rotatable bonds is 3. The van der Waals surface area contributed by atoms with Gasteiger partial charge in [0.25, 0.3) is 11.5 Å². The van der Waals surface area contributed by atoms with Crippen LogP contribution in [-0.4, -0.2) is 21.6 Å². The van der Waals surface area contributed by atoms with E-state index >= 15 is 0 Å². The van der Waals surface area contributed by atoms with E-state index in [0.717, 1.165) is 19.3 Å². The van der Waals surface area contributed by atoms with Crippen molar-refractivity contribution in [3.05, 3.63) is 53.0 Å². The summed E-state index contributed by atoms with van der Waals surface area (Å²) in [5, 5.41) is 10.3. The molecule has 102 valence electrons. The molecule has 0 bridgehead atoms. The molecule has 0 atom stereocenters. The summed E-state index contributed by atoms with van der Waals surface area (Å²) in [6, 6.07) is 6.95. The molecule has 2 aromatic rings. The van der Waals surface area contributed by atoms with E-state index in [1.54, 1.807) is 30.3 Å². The normalized spacial score (nSPS) is 16.4. The molecule has 2 N–H and O–H groups in total. The molecule has 0 aliphatic heterocycles. The van der Waals surface area contributed by atoms with Gasteiger partial charge in [-0.05, 0) is 25.3 Å². The molecule has 3 rings (SSSR count). The number of carbonyl (C=O) groups excluding carboxylic acids is 1. The molecule has 0 spiro atoms. The lowest BCUT2D eigenvalue weighted by molar-refractivity contribution is 0.0872. The first-order valence-corrected chi connectivity index (χ1v) is 6.59. The molecule has 0 unspecified atom stereocenters. The molecule has 1 amide bonds. The predicted molar refractivity (Wildman–Crippen MR) is 76.6 cm³/mol. The molecule has 1 saturated carbocycles. The molecule has 0 radical (unpaired) electrons. The summed E-state index contributed by atoms with van der Waals surface area (Å²) in [5.41, 5.74) is -0.372. The molecule has 1 heterocycles. The SMILES string of the molecule is C=CC1(NC(=O)c2n[nH]c(=O)c3ccccc23)CCC1. The number of aromatic nitrogens is 2. The van der Waals surface area contributed by atoms with Crippen LogP contribution in [0.15, 0.2) is 41.7 Å². The highest BCUT2D eigenvalue weighted by molar-refractivity contribution is 6.05. The summed E-state index contributed by atoms with van der Waals surface area (Å²) >= 11 is 0. The first-order chi connectivity index (χ1) is 9.65. The first kappa shape index (κ1) is 12.6. The van der Waals surface area contributed by atoms with Gasteiger partial charge in [-0.25, -0.2) is 5.10 Å². The molecular formula is C15H15N3O2. The van der Waals surface area contributed by atoms with Crippen LogP contribution in [0.3, 0.4) is 0 Å². The molecule has 1 aliphatic rings. The van der Waals surface area contributed by atoms with Crippen LogP contribution in [-0.2, 0) is 0 Å². The minimum Gasteiger partial charge on any atom is -0.342 e. The van der Waals surface area contributed by atoms with Gasteiger partial charge >= 0.3 is 0 Å². The average Bonchev–Trinajstić information content (AvgIpc) is 2.43. The Morgan fingerprint density at radius 1 is 1.35 bits per heavy atom. The quantitative estimate of drug-likeness (QED) is 0.834. The van der Waals surface area contributed by atoms with Gasteiger partial charge < -0.3 is 5.32 Å². The average molecular weight is 269 g/mol. The maximum Gasteiger partial charge on any atom is 0.273 e. The summed E-state index contributed by atoms with van der Waals surface area (Å²) in [6.45, 7) is 3.79. The maximum atomic E-state index is 12.4. The zero-order valence-electron chi connectivity index (χ0n) is 11.0. The van der Waals surface area contributed by atoms with Crippen molar-refractivity contribution in [2.75, 3.05) is 0 Å². The number of aromatic amines is 1. The van der Waals surface area contributed by atoms with Crippen LogP contribution in [0.4, 0.5) is 0 Å². The Morgan fingerprint density at radius 3 is 2.65 bits per heavy atom. The third kappa shape index (κ3) is 1.91. The molecule has 20 heavy (non-hydrogen) atoms. The molecule has 0 saturated heterocycles. The highest BCUT2D eigenvalue weighted by Crippen LogP contribution is 2.33. The second-order valence-corrected chi connectivity index (χ2v) is 5.11. The monoisotopic (exact) mass is 269 g/mol. The zero-order valence-corrected chi connectivity index (χ0v) is 11.0. The number of hydrogen-bond acceptors (Lipinski definition) is 3. The molecular weight excluding hydrogens is 254 g/mol. The highest BCUT2D eigenvalue weighted by Gasteiger charge is 2.36. The van der Waals surface area contributed by atoms with E-state index in [0.29, 0.717) is 10.8 Å².